The van der Waals surface area contributed by atoms with Gasteiger partial charge >= 0.3 is 0 Å². The molecule has 1 aliphatic heterocycles. The Hall–Kier alpha value is -1.95. The van der Waals surface area contributed by atoms with E-state index in [-0.39, 0.29) is 18.0 Å². The summed E-state index contributed by atoms with van der Waals surface area (Å²) in [6.07, 6.45) is 0.502. The summed E-state index contributed by atoms with van der Waals surface area (Å²) in [5.74, 6) is 4.91. The van der Waals surface area contributed by atoms with E-state index in [1.807, 2.05) is 5.43 Å². The van der Waals surface area contributed by atoms with Crippen molar-refractivity contribution in [2.24, 2.45) is 17.7 Å². The highest BCUT2D eigenvalue weighted by Gasteiger charge is 2.31. The zero-order valence-corrected chi connectivity index (χ0v) is 12.2. The predicted molar refractivity (Wildman–Crippen MR) is 76.4 cm³/mol. The Kier molecular flexibility index (Phi) is 4.57. The largest absolute Gasteiger partial charge is 0.338 e. The van der Waals surface area contributed by atoms with Crippen LogP contribution in [0.3, 0.4) is 0 Å². The van der Waals surface area contributed by atoms with E-state index in [2.05, 4.69) is 13.8 Å². The predicted octanol–water partition coefficient (Wildman–Crippen LogP) is 1.43. The maximum absolute atomic E-state index is 13.9. The van der Waals surface area contributed by atoms with Gasteiger partial charge in [0.2, 0.25) is 5.91 Å². The number of hydrogen-bond donors (Lipinski definition) is 2. The third-order valence-corrected chi connectivity index (χ3v) is 3.99. The van der Waals surface area contributed by atoms with Crippen LogP contribution in [0.15, 0.2) is 18.2 Å². The summed E-state index contributed by atoms with van der Waals surface area (Å²) in [6, 6.07) is 4.03. The average molecular weight is 293 g/mol. The molecule has 1 saturated heterocycles. The van der Waals surface area contributed by atoms with Crippen molar-refractivity contribution in [1.82, 2.24) is 10.3 Å². The molecule has 1 fully saturated rings. The lowest BCUT2D eigenvalue weighted by Crippen LogP contribution is -2.30. The Morgan fingerprint density at radius 2 is 2.24 bits per heavy atom. The zero-order chi connectivity index (χ0) is 15.6. The van der Waals surface area contributed by atoms with Crippen molar-refractivity contribution < 1.29 is 14.0 Å². The molecule has 5 nitrogen and oxygen atoms in total. The lowest BCUT2D eigenvalue weighted by Gasteiger charge is -2.19. The van der Waals surface area contributed by atoms with E-state index in [1.165, 1.54) is 18.2 Å². The van der Waals surface area contributed by atoms with Crippen molar-refractivity contribution in [2.45, 2.75) is 26.8 Å². The van der Waals surface area contributed by atoms with Crippen molar-refractivity contribution in [3.05, 3.63) is 35.1 Å². The molecule has 0 saturated carbocycles. The van der Waals surface area contributed by atoms with Gasteiger partial charge in [-0.15, -0.1) is 0 Å². The first-order chi connectivity index (χ1) is 9.92. The summed E-state index contributed by atoms with van der Waals surface area (Å²) in [6.45, 7) is 4.96. The summed E-state index contributed by atoms with van der Waals surface area (Å²) in [7, 11) is 0. The van der Waals surface area contributed by atoms with Gasteiger partial charge in [-0.2, -0.15) is 0 Å². The molecule has 114 valence electrons. The number of nitrogens with zero attached hydrogens (tertiary/aromatic N) is 1. The van der Waals surface area contributed by atoms with Gasteiger partial charge in [-0.1, -0.05) is 13.8 Å². The molecule has 21 heavy (non-hydrogen) atoms. The summed E-state index contributed by atoms with van der Waals surface area (Å²) < 4.78 is 13.9. The topological polar surface area (TPSA) is 75.4 Å². The van der Waals surface area contributed by atoms with Crippen LogP contribution in [0, 0.1) is 17.7 Å². The molecule has 1 aromatic carbocycles. The molecule has 1 aromatic rings. The summed E-state index contributed by atoms with van der Waals surface area (Å²) in [5.41, 5.74) is 2.62. The highest BCUT2D eigenvalue weighted by atomic mass is 19.1. The maximum Gasteiger partial charge on any atom is 0.265 e. The van der Waals surface area contributed by atoms with Gasteiger partial charge in [0, 0.05) is 30.6 Å². The van der Waals surface area contributed by atoms with Gasteiger partial charge in [0.25, 0.3) is 5.91 Å². The number of likely N-dealkylation sites (tertiary alicyclic amines) is 1. The Bertz CT molecular complexity index is 560. The second kappa shape index (κ2) is 6.22. The molecule has 1 unspecified atom stereocenters. The third kappa shape index (κ3) is 3.39. The molecular formula is C15H20FN3O2. The van der Waals surface area contributed by atoms with Gasteiger partial charge in [0.05, 0.1) is 0 Å². The fourth-order valence-electron chi connectivity index (χ4n) is 2.53. The van der Waals surface area contributed by atoms with Crippen molar-refractivity contribution in [2.75, 3.05) is 6.54 Å². The van der Waals surface area contributed by atoms with E-state index in [9.17, 15) is 14.0 Å². The highest BCUT2D eigenvalue weighted by molar-refractivity contribution is 5.93. The number of carbonyl (C=O) groups is 2. The molecule has 1 atom stereocenters. The van der Waals surface area contributed by atoms with Crippen LogP contribution in [0.1, 0.15) is 36.2 Å². The molecule has 0 aromatic heterocycles. The van der Waals surface area contributed by atoms with Crippen molar-refractivity contribution >= 4 is 11.8 Å². The number of hydrazine groups is 1. The standard InChI is InChI=1S/C15H20FN3O2/c1-9(2)11-6-14(20)19(7-11)8-12-5-10(15(21)18-17)3-4-13(12)16/h3-5,9,11H,6-8,17H2,1-2H3,(H,18,21). The molecule has 2 amide bonds. The number of nitrogen functional groups attached to an aromatic ring is 1. The van der Waals surface area contributed by atoms with Gasteiger partial charge in [0.15, 0.2) is 0 Å². The Labute approximate surface area is 123 Å². The first-order valence-corrected chi connectivity index (χ1v) is 6.99. The van der Waals surface area contributed by atoms with E-state index >= 15 is 0 Å². The van der Waals surface area contributed by atoms with Crippen LogP contribution < -0.4 is 11.3 Å². The lowest BCUT2D eigenvalue weighted by molar-refractivity contribution is -0.128. The van der Waals surface area contributed by atoms with Crippen LogP contribution in [0.2, 0.25) is 0 Å². The third-order valence-electron chi connectivity index (χ3n) is 3.99. The number of hydrogen-bond acceptors (Lipinski definition) is 3. The first kappa shape index (κ1) is 15.4. The van der Waals surface area contributed by atoms with E-state index in [4.69, 9.17) is 5.84 Å². The fraction of sp³-hybridized carbons (Fsp3) is 0.467. The number of nitrogens with two attached hydrogens (primary N) is 1. The highest BCUT2D eigenvalue weighted by Crippen LogP contribution is 2.26. The minimum atomic E-state index is -0.482. The summed E-state index contributed by atoms with van der Waals surface area (Å²) in [5, 5.41) is 0. The van der Waals surface area contributed by atoms with Gasteiger partial charge in [-0.3, -0.25) is 15.0 Å². The summed E-state index contributed by atoms with van der Waals surface area (Å²) in [4.78, 5) is 25.1. The van der Waals surface area contributed by atoms with Crippen molar-refractivity contribution in [1.29, 1.82) is 0 Å². The molecule has 2 rings (SSSR count). The second-order valence-corrected chi connectivity index (χ2v) is 5.76. The molecule has 6 heteroatoms. The Balaban J connectivity index is 2.16. The fourth-order valence-corrected chi connectivity index (χ4v) is 2.53. The van der Waals surface area contributed by atoms with E-state index < -0.39 is 11.7 Å². The van der Waals surface area contributed by atoms with Crippen LogP contribution >= 0.6 is 0 Å². The molecule has 0 spiro atoms. The minimum absolute atomic E-state index is 0.0294. The molecular weight excluding hydrogens is 273 g/mol. The van der Waals surface area contributed by atoms with Gasteiger partial charge < -0.3 is 4.90 Å². The van der Waals surface area contributed by atoms with Gasteiger partial charge in [-0.05, 0) is 30.0 Å². The number of nitrogens with one attached hydrogen (secondary N) is 1. The van der Waals surface area contributed by atoms with Crippen LogP contribution in [-0.4, -0.2) is 23.3 Å². The average Bonchev–Trinajstić information content (AvgIpc) is 2.82. The number of benzene rings is 1. The first-order valence-electron chi connectivity index (χ1n) is 6.99. The van der Waals surface area contributed by atoms with Crippen LogP contribution in [0.4, 0.5) is 4.39 Å². The zero-order valence-electron chi connectivity index (χ0n) is 12.2. The molecule has 1 aliphatic rings. The quantitative estimate of drug-likeness (QED) is 0.501. The minimum Gasteiger partial charge on any atom is -0.338 e. The number of amides is 2. The number of halogens is 1. The SMILES string of the molecule is CC(C)C1CC(=O)N(Cc2cc(C(=O)NN)ccc2F)C1. The van der Waals surface area contributed by atoms with Crippen LogP contribution in [0.5, 0.6) is 0 Å². The second-order valence-electron chi connectivity index (χ2n) is 5.76. The molecule has 0 radical (unpaired) electrons. The van der Waals surface area contributed by atoms with Gasteiger partial charge in [0.1, 0.15) is 5.82 Å². The smallest absolute Gasteiger partial charge is 0.265 e. The normalized spacial score (nSPS) is 18.4. The summed E-state index contributed by atoms with van der Waals surface area (Å²) >= 11 is 0. The Morgan fingerprint density at radius 1 is 1.52 bits per heavy atom. The van der Waals surface area contributed by atoms with E-state index in [0.717, 1.165) is 0 Å². The van der Waals surface area contributed by atoms with E-state index in [0.29, 0.717) is 30.4 Å². The molecule has 0 bridgehead atoms. The van der Waals surface area contributed by atoms with Crippen molar-refractivity contribution in [3.63, 3.8) is 0 Å². The lowest BCUT2D eigenvalue weighted by atomic mass is 9.95. The molecule has 3 N–H and O–H groups in total. The number of rotatable bonds is 4. The van der Waals surface area contributed by atoms with Crippen LogP contribution in [-0.2, 0) is 11.3 Å². The molecule has 1 heterocycles. The van der Waals surface area contributed by atoms with Gasteiger partial charge in [-0.25, -0.2) is 10.2 Å². The molecule has 0 aliphatic carbocycles. The monoisotopic (exact) mass is 293 g/mol. The Morgan fingerprint density at radius 3 is 2.81 bits per heavy atom. The number of carbonyl (C=O) groups excluding carboxylic acids is 2. The van der Waals surface area contributed by atoms with Crippen molar-refractivity contribution in [3.8, 4) is 0 Å². The van der Waals surface area contributed by atoms with Crippen LogP contribution in [0.25, 0.3) is 0 Å². The van der Waals surface area contributed by atoms with E-state index in [1.54, 1.807) is 4.90 Å². The maximum atomic E-state index is 13.9.